The number of methoxy groups -OCH3 is 1. The SMILES string of the molecule is COc1cccc(C(O)C(=O)NC2CCN(CC(F)(F)F)C2)c1. The summed E-state index contributed by atoms with van der Waals surface area (Å²) in [5.74, 6) is -0.122. The fourth-order valence-corrected chi connectivity index (χ4v) is 2.59. The molecule has 5 nitrogen and oxygen atoms in total. The predicted octanol–water partition coefficient (Wildman–Crippen LogP) is 1.48. The van der Waals surface area contributed by atoms with E-state index in [1.165, 1.54) is 18.1 Å². The Bertz CT molecular complexity index is 551. The molecule has 0 aliphatic carbocycles. The molecule has 1 aromatic carbocycles. The molecule has 1 aromatic rings. The third-order valence-corrected chi connectivity index (χ3v) is 3.68. The van der Waals surface area contributed by atoms with E-state index in [4.69, 9.17) is 4.74 Å². The summed E-state index contributed by atoms with van der Waals surface area (Å²) in [6, 6.07) is 6.04. The lowest BCUT2D eigenvalue weighted by molar-refractivity contribution is -0.143. The van der Waals surface area contributed by atoms with Crippen molar-refractivity contribution in [3.05, 3.63) is 29.8 Å². The van der Waals surface area contributed by atoms with Crippen LogP contribution in [0.2, 0.25) is 0 Å². The average molecular weight is 332 g/mol. The van der Waals surface area contributed by atoms with Crippen LogP contribution in [0, 0.1) is 0 Å². The number of nitrogens with zero attached hydrogens (tertiary/aromatic N) is 1. The van der Waals surface area contributed by atoms with Crippen LogP contribution < -0.4 is 10.1 Å². The van der Waals surface area contributed by atoms with E-state index in [1.54, 1.807) is 18.2 Å². The van der Waals surface area contributed by atoms with Gasteiger partial charge in [0.2, 0.25) is 0 Å². The van der Waals surface area contributed by atoms with Gasteiger partial charge in [-0.25, -0.2) is 0 Å². The molecule has 2 N–H and O–H groups in total. The van der Waals surface area contributed by atoms with Crippen molar-refractivity contribution in [1.82, 2.24) is 10.2 Å². The summed E-state index contributed by atoms with van der Waals surface area (Å²) < 4.78 is 42.0. The number of nitrogens with one attached hydrogen (secondary N) is 1. The summed E-state index contributed by atoms with van der Waals surface area (Å²) in [6.07, 6.45) is -5.21. The van der Waals surface area contributed by atoms with Crippen molar-refractivity contribution in [2.24, 2.45) is 0 Å². The molecule has 23 heavy (non-hydrogen) atoms. The summed E-state index contributed by atoms with van der Waals surface area (Å²) in [4.78, 5) is 13.3. The van der Waals surface area contributed by atoms with E-state index in [9.17, 15) is 23.1 Å². The first-order valence-corrected chi connectivity index (χ1v) is 7.20. The van der Waals surface area contributed by atoms with E-state index in [0.29, 0.717) is 17.7 Å². The molecule has 1 heterocycles. The maximum Gasteiger partial charge on any atom is 0.401 e. The fourth-order valence-electron chi connectivity index (χ4n) is 2.59. The number of aliphatic hydroxyl groups is 1. The smallest absolute Gasteiger partial charge is 0.401 e. The van der Waals surface area contributed by atoms with Gasteiger partial charge in [-0.2, -0.15) is 13.2 Å². The topological polar surface area (TPSA) is 61.8 Å². The number of carbonyl (C=O) groups excluding carboxylic acids is 1. The standard InChI is InChI=1S/C15H19F3N2O3/c1-23-12-4-2-3-10(7-12)13(21)14(22)19-11-5-6-20(8-11)9-15(16,17)18/h2-4,7,11,13,21H,5-6,8-9H2,1H3,(H,19,22). The van der Waals surface area contributed by atoms with Crippen molar-refractivity contribution in [3.8, 4) is 5.75 Å². The van der Waals surface area contributed by atoms with Gasteiger partial charge in [0, 0.05) is 19.1 Å². The Morgan fingerprint density at radius 2 is 2.26 bits per heavy atom. The number of hydrogen-bond donors (Lipinski definition) is 2. The second-order valence-electron chi connectivity index (χ2n) is 5.52. The Kier molecular flexibility index (Phi) is 5.48. The van der Waals surface area contributed by atoms with E-state index in [-0.39, 0.29) is 13.1 Å². The van der Waals surface area contributed by atoms with Gasteiger partial charge in [0.15, 0.2) is 6.10 Å². The molecule has 1 amide bonds. The first-order valence-electron chi connectivity index (χ1n) is 7.20. The molecule has 0 spiro atoms. The van der Waals surface area contributed by atoms with E-state index < -0.39 is 30.8 Å². The highest BCUT2D eigenvalue weighted by molar-refractivity contribution is 5.82. The zero-order valence-corrected chi connectivity index (χ0v) is 12.6. The zero-order chi connectivity index (χ0) is 17.0. The van der Waals surface area contributed by atoms with Crippen molar-refractivity contribution in [1.29, 1.82) is 0 Å². The van der Waals surface area contributed by atoms with Crippen molar-refractivity contribution < 1.29 is 27.8 Å². The highest BCUT2D eigenvalue weighted by Gasteiger charge is 2.35. The van der Waals surface area contributed by atoms with Crippen LogP contribution in [0.15, 0.2) is 24.3 Å². The maximum atomic E-state index is 12.3. The normalized spacial score (nSPS) is 20.3. The number of carbonyl (C=O) groups is 1. The van der Waals surface area contributed by atoms with Crippen LogP contribution in [0.25, 0.3) is 0 Å². The Morgan fingerprint density at radius 3 is 2.91 bits per heavy atom. The molecule has 0 bridgehead atoms. The van der Waals surface area contributed by atoms with Crippen LogP contribution >= 0.6 is 0 Å². The lowest BCUT2D eigenvalue weighted by atomic mass is 10.1. The number of likely N-dealkylation sites (tertiary alicyclic amines) is 1. The number of amides is 1. The van der Waals surface area contributed by atoms with E-state index in [2.05, 4.69) is 5.32 Å². The van der Waals surface area contributed by atoms with E-state index in [0.717, 1.165) is 0 Å². The van der Waals surface area contributed by atoms with Crippen LogP contribution in [0.1, 0.15) is 18.1 Å². The lowest BCUT2D eigenvalue weighted by Gasteiger charge is -2.19. The van der Waals surface area contributed by atoms with E-state index in [1.807, 2.05) is 0 Å². The van der Waals surface area contributed by atoms with Gasteiger partial charge in [-0.3, -0.25) is 9.69 Å². The molecular weight excluding hydrogens is 313 g/mol. The van der Waals surface area contributed by atoms with Gasteiger partial charge in [-0.05, 0) is 24.1 Å². The number of ether oxygens (including phenoxy) is 1. The third kappa shape index (κ3) is 5.11. The molecule has 1 fully saturated rings. The predicted molar refractivity (Wildman–Crippen MR) is 77.0 cm³/mol. The van der Waals surface area contributed by atoms with Crippen molar-refractivity contribution >= 4 is 5.91 Å². The number of hydrogen-bond acceptors (Lipinski definition) is 4. The highest BCUT2D eigenvalue weighted by atomic mass is 19.4. The van der Waals surface area contributed by atoms with Gasteiger partial charge in [0.1, 0.15) is 5.75 Å². The van der Waals surface area contributed by atoms with Crippen LogP contribution in [0.4, 0.5) is 13.2 Å². The lowest BCUT2D eigenvalue weighted by Crippen LogP contribution is -2.41. The fraction of sp³-hybridized carbons (Fsp3) is 0.533. The second-order valence-corrected chi connectivity index (χ2v) is 5.52. The maximum absolute atomic E-state index is 12.3. The van der Waals surface area contributed by atoms with Gasteiger partial charge < -0.3 is 15.2 Å². The minimum absolute atomic E-state index is 0.121. The molecular formula is C15H19F3N2O3. The average Bonchev–Trinajstić information content (AvgIpc) is 2.91. The first kappa shape index (κ1) is 17.6. The summed E-state index contributed by atoms with van der Waals surface area (Å²) in [6.45, 7) is -0.604. The van der Waals surface area contributed by atoms with Gasteiger partial charge in [-0.15, -0.1) is 0 Å². The molecule has 0 radical (unpaired) electrons. The summed E-state index contributed by atoms with van der Waals surface area (Å²) >= 11 is 0. The molecule has 2 atom stereocenters. The molecule has 2 rings (SSSR count). The Hall–Kier alpha value is -1.80. The molecule has 0 saturated carbocycles. The molecule has 8 heteroatoms. The highest BCUT2D eigenvalue weighted by Crippen LogP contribution is 2.22. The number of rotatable bonds is 5. The van der Waals surface area contributed by atoms with Gasteiger partial charge in [-0.1, -0.05) is 12.1 Å². The molecule has 2 unspecified atom stereocenters. The zero-order valence-electron chi connectivity index (χ0n) is 12.6. The van der Waals surface area contributed by atoms with Crippen LogP contribution in [0.5, 0.6) is 5.75 Å². The van der Waals surface area contributed by atoms with Crippen molar-refractivity contribution in [2.45, 2.75) is 24.7 Å². The molecule has 1 aliphatic rings. The quantitative estimate of drug-likeness (QED) is 0.857. The summed E-state index contributed by atoms with van der Waals surface area (Å²) in [7, 11) is 1.47. The molecule has 1 aliphatic heterocycles. The minimum atomic E-state index is -4.25. The first-order chi connectivity index (χ1) is 10.8. The Labute approximate surface area is 132 Å². The summed E-state index contributed by atoms with van der Waals surface area (Å²) in [5, 5.41) is 12.7. The minimum Gasteiger partial charge on any atom is -0.497 e. The molecule has 128 valence electrons. The Morgan fingerprint density at radius 1 is 1.52 bits per heavy atom. The summed E-state index contributed by atoms with van der Waals surface area (Å²) in [5.41, 5.74) is 0.368. The third-order valence-electron chi connectivity index (χ3n) is 3.68. The molecule has 1 saturated heterocycles. The number of halogens is 3. The second kappa shape index (κ2) is 7.18. The number of aliphatic hydroxyl groups excluding tert-OH is 1. The van der Waals surface area contributed by atoms with Gasteiger partial charge in [0.25, 0.3) is 5.91 Å². The van der Waals surface area contributed by atoms with Gasteiger partial charge in [0.05, 0.1) is 13.7 Å². The van der Waals surface area contributed by atoms with Crippen LogP contribution in [-0.4, -0.2) is 54.9 Å². The Balaban J connectivity index is 1.89. The van der Waals surface area contributed by atoms with E-state index >= 15 is 0 Å². The van der Waals surface area contributed by atoms with Gasteiger partial charge >= 0.3 is 6.18 Å². The van der Waals surface area contributed by atoms with Crippen LogP contribution in [0.3, 0.4) is 0 Å². The molecule has 0 aromatic heterocycles. The number of benzene rings is 1. The monoisotopic (exact) mass is 332 g/mol. The van der Waals surface area contributed by atoms with Crippen LogP contribution in [-0.2, 0) is 4.79 Å². The largest absolute Gasteiger partial charge is 0.497 e. The van der Waals surface area contributed by atoms with Crippen molar-refractivity contribution in [3.63, 3.8) is 0 Å². The van der Waals surface area contributed by atoms with Crippen molar-refractivity contribution in [2.75, 3.05) is 26.7 Å². The number of alkyl halides is 3.